The Labute approximate surface area is 144 Å². The molecule has 5 nitrogen and oxygen atoms in total. The summed E-state index contributed by atoms with van der Waals surface area (Å²) in [5, 5.41) is 3.41. The summed E-state index contributed by atoms with van der Waals surface area (Å²) < 4.78 is 16.8. The van der Waals surface area contributed by atoms with Crippen LogP contribution in [0.5, 0.6) is 17.4 Å². The molecule has 0 spiro atoms. The van der Waals surface area contributed by atoms with Crippen LogP contribution in [0.15, 0.2) is 42.6 Å². The molecule has 0 aliphatic carbocycles. The molecule has 1 aromatic heterocycles. The first-order valence-corrected chi connectivity index (χ1v) is 8.46. The van der Waals surface area contributed by atoms with Crippen molar-refractivity contribution in [1.82, 2.24) is 10.3 Å². The molecule has 0 saturated carbocycles. The van der Waals surface area contributed by atoms with Gasteiger partial charge in [-0.3, -0.25) is 0 Å². The average Bonchev–Trinajstić information content (AvgIpc) is 2.61. The van der Waals surface area contributed by atoms with Gasteiger partial charge in [0.05, 0.1) is 19.8 Å². The highest BCUT2D eigenvalue weighted by molar-refractivity contribution is 5.43. The van der Waals surface area contributed by atoms with Gasteiger partial charge in [-0.1, -0.05) is 12.1 Å². The van der Waals surface area contributed by atoms with Crippen LogP contribution in [0.25, 0.3) is 0 Å². The average molecular weight is 330 g/mol. The normalized spacial score (nSPS) is 10.4. The topological polar surface area (TPSA) is 52.6 Å². The minimum atomic E-state index is 0.627. The van der Waals surface area contributed by atoms with Crippen molar-refractivity contribution >= 4 is 0 Å². The molecule has 130 valence electrons. The number of hydrogen-bond donors (Lipinski definition) is 1. The van der Waals surface area contributed by atoms with Crippen LogP contribution in [-0.2, 0) is 6.54 Å². The fourth-order valence-corrected chi connectivity index (χ4v) is 2.24. The summed E-state index contributed by atoms with van der Waals surface area (Å²) in [5.41, 5.74) is 1.17. The first-order valence-electron chi connectivity index (χ1n) is 8.46. The van der Waals surface area contributed by atoms with Gasteiger partial charge in [0, 0.05) is 18.8 Å². The van der Waals surface area contributed by atoms with Gasteiger partial charge in [0.2, 0.25) is 5.88 Å². The summed E-state index contributed by atoms with van der Waals surface area (Å²) in [6.45, 7) is 7.52. The highest BCUT2D eigenvalue weighted by Gasteiger charge is 2.05. The van der Waals surface area contributed by atoms with Crippen molar-refractivity contribution in [3.63, 3.8) is 0 Å². The fraction of sp³-hybridized carbons (Fsp3) is 0.421. The molecule has 5 heteroatoms. The summed E-state index contributed by atoms with van der Waals surface area (Å²) >= 11 is 0. The van der Waals surface area contributed by atoms with Gasteiger partial charge < -0.3 is 19.5 Å². The zero-order chi connectivity index (χ0) is 17.0. The van der Waals surface area contributed by atoms with Gasteiger partial charge in [-0.05, 0) is 50.6 Å². The van der Waals surface area contributed by atoms with E-state index in [1.807, 2.05) is 44.2 Å². The predicted molar refractivity (Wildman–Crippen MR) is 94.8 cm³/mol. The van der Waals surface area contributed by atoms with E-state index in [0.29, 0.717) is 25.7 Å². The van der Waals surface area contributed by atoms with E-state index in [1.54, 1.807) is 6.20 Å². The Morgan fingerprint density at radius 3 is 2.54 bits per heavy atom. The number of nitrogens with zero attached hydrogens (tertiary/aromatic N) is 1. The maximum Gasteiger partial charge on any atom is 0.213 e. The lowest BCUT2D eigenvalue weighted by Gasteiger charge is -2.13. The molecule has 1 heterocycles. The molecule has 0 unspecified atom stereocenters. The Bertz CT molecular complexity index is 590. The van der Waals surface area contributed by atoms with Crippen LogP contribution >= 0.6 is 0 Å². The molecule has 24 heavy (non-hydrogen) atoms. The van der Waals surface area contributed by atoms with Crippen LogP contribution in [-0.4, -0.2) is 31.3 Å². The van der Waals surface area contributed by atoms with Gasteiger partial charge in [0.25, 0.3) is 0 Å². The number of nitrogens with one attached hydrogen (secondary N) is 1. The fourth-order valence-electron chi connectivity index (χ4n) is 2.24. The Morgan fingerprint density at radius 2 is 1.79 bits per heavy atom. The summed E-state index contributed by atoms with van der Waals surface area (Å²) in [6, 6.07) is 11.7. The van der Waals surface area contributed by atoms with E-state index in [0.717, 1.165) is 31.0 Å². The van der Waals surface area contributed by atoms with E-state index in [4.69, 9.17) is 14.2 Å². The van der Waals surface area contributed by atoms with Crippen LogP contribution in [0.2, 0.25) is 0 Å². The molecule has 0 saturated heterocycles. The summed E-state index contributed by atoms with van der Waals surface area (Å²) in [6.07, 6.45) is 2.65. The van der Waals surface area contributed by atoms with E-state index in [1.165, 1.54) is 5.56 Å². The Hall–Kier alpha value is -2.27. The van der Waals surface area contributed by atoms with Crippen molar-refractivity contribution in [2.75, 3.05) is 26.4 Å². The van der Waals surface area contributed by atoms with Crippen LogP contribution in [0.1, 0.15) is 25.8 Å². The highest BCUT2D eigenvalue weighted by Crippen LogP contribution is 2.28. The Morgan fingerprint density at radius 1 is 0.958 bits per heavy atom. The zero-order valence-corrected chi connectivity index (χ0v) is 14.5. The SMILES string of the molecule is CCOc1ccc(CNCCCOc2ccccn2)cc1OCC. The third-order valence-electron chi connectivity index (χ3n) is 3.32. The molecule has 0 atom stereocenters. The second-order valence-corrected chi connectivity index (χ2v) is 5.19. The van der Waals surface area contributed by atoms with E-state index in [2.05, 4.69) is 16.4 Å². The van der Waals surface area contributed by atoms with Gasteiger partial charge in [-0.2, -0.15) is 0 Å². The molecule has 0 fully saturated rings. The predicted octanol–water partition coefficient (Wildman–Crippen LogP) is 3.44. The molecular formula is C19H26N2O3. The van der Waals surface area contributed by atoms with E-state index < -0.39 is 0 Å². The first kappa shape index (κ1) is 18.1. The lowest BCUT2D eigenvalue weighted by molar-refractivity contribution is 0.287. The molecular weight excluding hydrogens is 304 g/mol. The molecule has 0 radical (unpaired) electrons. The molecule has 1 aromatic carbocycles. The molecule has 2 rings (SSSR count). The van der Waals surface area contributed by atoms with Crippen molar-refractivity contribution in [2.45, 2.75) is 26.8 Å². The second kappa shape index (κ2) is 10.5. The van der Waals surface area contributed by atoms with Crippen molar-refractivity contribution in [3.05, 3.63) is 48.2 Å². The molecule has 1 N–H and O–H groups in total. The molecule has 0 bridgehead atoms. The molecule has 0 amide bonds. The number of hydrogen-bond acceptors (Lipinski definition) is 5. The number of ether oxygens (including phenoxy) is 3. The Balaban J connectivity index is 1.70. The molecule has 2 aromatic rings. The quantitative estimate of drug-likeness (QED) is 0.640. The monoisotopic (exact) mass is 330 g/mol. The maximum absolute atomic E-state index is 5.64. The van der Waals surface area contributed by atoms with Gasteiger partial charge in [-0.15, -0.1) is 0 Å². The van der Waals surface area contributed by atoms with Gasteiger partial charge in [0.15, 0.2) is 11.5 Å². The zero-order valence-electron chi connectivity index (χ0n) is 14.5. The van der Waals surface area contributed by atoms with Crippen molar-refractivity contribution in [1.29, 1.82) is 0 Å². The standard InChI is InChI=1S/C19H26N2O3/c1-3-22-17-10-9-16(14-18(17)23-4-2)15-20-11-7-13-24-19-8-5-6-12-21-19/h5-6,8-10,12,14,20H,3-4,7,11,13,15H2,1-2H3. The van der Waals surface area contributed by atoms with Crippen LogP contribution in [0.4, 0.5) is 0 Å². The van der Waals surface area contributed by atoms with Crippen molar-refractivity contribution in [2.24, 2.45) is 0 Å². The van der Waals surface area contributed by atoms with Crippen LogP contribution < -0.4 is 19.5 Å². The van der Waals surface area contributed by atoms with Gasteiger partial charge >= 0.3 is 0 Å². The van der Waals surface area contributed by atoms with Gasteiger partial charge in [0.1, 0.15) is 0 Å². The summed E-state index contributed by atoms with van der Waals surface area (Å²) in [5.74, 6) is 2.27. The third-order valence-corrected chi connectivity index (χ3v) is 3.32. The molecule has 0 aliphatic rings. The minimum absolute atomic E-state index is 0.627. The third kappa shape index (κ3) is 6.08. The van der Waals surface area contributed by atoms with Crippen molar-refractivity contribution < 1.29 is 14.2 Å². The van der Waals surface area contributed by atoms with Gasteiger partial charge in [-0.25, -0.2) is 4.98 Å². The smallest absolute Gasteiger partial charge is 0.213 e. The number of aromatic nitrogens is 1. The van der Waals surface area contributed by atoms with E-state index >= 15 is 0 Å². The lowest BCUT2D eigenvalue weighted by atomic mass is 10.2. The molecule has 0 aliphatic heterocycles. The van der Waals surface area contributed by atoms with E-state index in [-0.39, 0.29) is 0 Å². The second-order valence-electron chi connectivity index (χ2n) is 5.19. The lowest BCUT2D eigenvalue weighted by Crippen LogP contribution is -2.17. The Kier molecular flexibility index (Phi) is 7.90. The van der Waals surface area contributed by atoms with Crippen molar-refractivity contribution in [3.8, 4) is 17.4 Å². The minimum Gasteiger partial charge on any atom is -0.490 e. The first-order chi connectivity index (χ1) is 11.8. The summed E-state index contributed by atoms with van der Waals surface area (Å²) in [7, 11) is 0. The highest BCUT2D eigenvalue weighted by atomic mass is 16.5. The van der Waals surface area contributed by atoms with Crippen LogP contribution in [0, 0.1) is 0 Å². The number of pyridine rings is 1. The number of rotatable bonds is 11. The number of benzene rings is 1. The maximum atomic E-state index is 5.64. The van der Waals surface area contributed by atoms with Crippen LogP contribution in [0.3, 0.4) is 0 Å². The van der Waals surface area contributed by atoms with E-state index in [9.17, 15) is 0 Å². The largest absolute Gasteiger partial charge is 0.490 e. The summed E-state index contributed by atoms with van der Waals surface area (Å²) in [4.78, 5) is 4.13.